The molecule has 4 atom stereocenters. The maximum atomic E-state index is 10.6. The van der Waals surface area contributed by atoms with Gasteiger partial charge in [0.1, 0.15) is 0 Å². The van der Waals surface area contributed by atoms with Crippen LogP contribution in [0.5, 0.6) is 0 Å². The van der Waals surface area contributed by atoms with E-state index >= 15 is 0 Å². The number of carbonyl (C=O) groups is 1. The van der Waals surface area contributed by atoms with Gasteiger partial charge in [0, 0.05) is 17.7 Å². The Balaban J connectivity index is 1.57. The Labute approximate surface area is 166 Å². The van der Waals surface area contributed by atoms with Crippen LogP contribution in [-0.4, -0.2) is 32.8 Å². The standard InChI is InChI=1S/C22H31ClO4/c23-18-14-19(24)21(17(18)6-3-1-2-4-7-20(25)26)15-8-10-16(11-9-15)22(27)12-5-13-22/h8-11,17-19,21,24,27H,1-7,12-14H2,(H,25,26). The molecule has 0 spiro atoms. The van der Waals surface area contributed by atoms with Crippen LogP contribution < -0.4 is 0 Å². The van der Waals surface area contributed by atoms with E-state index in [4.69, 9.17) is 16.7 Å². The van der Waals surface area contributed by atoms with E-state index < -0.39 is 17.7 Å². The van der Waals surface area contributed by atoms with Crippen LogP contribution in [0.15, 0.2) is 24.3 Å². The molecule has 2 fully saturated rings. The predicted molar refractivity (Wildman–Crippen MR) is 106 cm³/mol. The minimum atomic E-state index is -0.732. The highest BCUT2D eigenvalue weighted by Crippen LogP contribution is 2.46. The Hall–Kier alpha value is -1.10. The smallest absolute Gasteiger partial charge is 0.303 e. The molecule has 0 aromatic heterocycles. The van der Waals surface area contributed by atoms with Gasteiger partial charge in [-0.05, 0) is 55.6 Å². The van der Waals surface area contributed by atoms with Crippen molar-refractivity contribution in [3.8, 4) is 0 Å². The van der Waals surface area contributed by atoms with Crippen LogP contribution in [-0.2, 0) is 10.4 Å². The molecule has 150 valence electrons. The maximum absolute atomic E-state index is 10.6. The number of hydrogen-bond acceptors (Lipinski definition) is 3. The second-order valence-electron chi connectivity index (χ2n) is 8.36. The summed E-state index contributed by atoms with van der Waals surface area (Å²) in [7, 11) is 0. The normalized spacial score (nSPS) is 29.4. The third-order valence-corrected chi connectivity index (χ3v) is 7.00. The monoisotopic (exact) mass is 394 g/mol. The van der Waals surface area contributed by atoms with Gasteiger partial charge in [0.2, 0.25) is 0 Å². The van der Waals surface area contributed by atoms with E-state index in [-0.39, 0.29) is 23.6 Å². The van der Waals surface area contributed by atoms with E-state index in [0.717, 1.165) is 62.5 Å². The highest BCUT2D eigenvalue weighted by Gasteiger charge is 2.42. The van der Waals surface area contributed by atoms with Gasteiger partial charge in [0.15, 0.2) is 0 Å². The first-order valence-corrected chi connectivity index (χ1v) is 10.7. The average Bonchev–Trinajstić information content (AvgIpc) is 2.89. The molecule has 4 unspecified atom stereocenters. The first kappa shape index (κ1) is 20.6. The third-order valence-electron chi connectivity index (χ3n) is 6.50. The molecule has 0 saturated heterocycles. The number of aliphatic hydroxyl groups excluding tert-OH is 1. The molecule has 0 radical (unpaired) electrons. The van der Waals surface area contributed by atoms with Crippen molar-refractivity contribution in [2.24, 2.45) is 5.92 Å². The summed E-state index contributed by atoms with van der Waals surface area (Å²) in [5.41, 5.74) is 1.42. The van der Waals surface area contributed by atoms with E-state index in [1.807, 2.05) is 24.3 Å². The van der Waals surface area contributed by atoms with Gasteiger partial charge in [-0.3, -0.25) is 4.79 Å². The van der Waals surface area contributed by atoms with Crippen LogP contribution >= 0.6 is 11.6 Å². The Morgan fingerprint density at radius 3 is 2.37 bits per heavy atom. The maximum Gasteiger partial charge on any atom is 0.303 e. The van der Waals surface area contributed by atoms with E-state index in [2.05, 4.69) is 0 Å². The Kier molecular flexibility index (Phi) is 6.83. The number of carboxylic acids is 1. The summed E-state index contributed by atoms with van der Waals surface area (Å²) >= 11 is 6.56. The second kappa shape index (κ2) is 8.93. The van der Waals surface area contributed by atoms with Crippen molar-refractivity contribution in [3.63, 3.8) is 0 Å². The lowest BCUT2D eigenvalue weighted by Gasteiger charge is -2.37. The van der Waals surface area contributed by atoms with Gasteiger partial charge in [0.05, 0.1) is 11.7 Å². The van der Waals surface area contributed by atoms with Gasteiger partial charge in [-0.2, -0.15) is 0 Å². The summed E-state index contributed by atoms with van der Waals surface area (Å²) in [6, 6.07) is 8.11. The molecule has 27 heavy (non-hydrogen) atoms. The number of alkyl halides is 1. The molecule has 1 aromatic rings. The number of halogens is 1. The summed E-state index contributed by atoms with van der Waals surface area (Å²) in [6.45, 7) is 0. The molecule has 2 aliphatic carbocycles. The summed E-state index contributed by atoms with van der Waals surface area (Å²) in [4.78, 5) is 10.6. The molecule has 3 rings (SSSR count). The Morgan fingerprint density at radius 1 is 1.11 bits per heavy atom. The SMILES string of the molecule is O=C(O)CCCCCCC1C(Cl)CC(O)C1c1ccc(C2(O)CCC2)cc1. The molecular formula is C22H31ClO4. The lowest BCUT2D eigenvalue weighted by Crippen LogP contribution is -2.33. The largest absolute Gasteiger partial charge is 0.481 e. The summed E-state index contributed by atoms with van der Waals surface area (Å²) in [5.74, 6) is -0.458. The summed E-state index contributed by atoms with van der Waals surface area (Å²) in [6.07, 6.45) is 7.76. The number of benzene rings is 1. The van der Waals surface area contributed by atoms with E-state index in [1.54, 1.807) is 0 Å². The molecule has 5 heteroatoms. The van der Waals surface area contributed by atoms with Crippen LogP contribution in [0.1, 0.15) is 81.3 Å². The van der Waals surface area contributed by atoms with Crippen molar-refractivity contribution in [2.45, 2.75) is 87.2 Å². The van der Waals surface area contributed by atoms with Crippen molar-refractivity contribution < 1.29 is 20.1 Å². The van der Waals surface area contributed by atoms with Crippen LogP contribution in [0.4, 0.5) is 0 Å². The van der Waals surface area contributed by atoms with Gasteiger partial charge < -0.3 is 15.3 Å². The van der Waals surface area contributed by atoms with E-state index in [1.165, 1.54) is 0 Å². The lowest BCUT2D eigenvalue weighted by atomic mass is 9.74. The first-order valence-electron chi connectivity index (χ1n) is 10.3. The number of hydrogen-bond donors (Lipinski definition) is 3. The Bertz CT molecular complexity index is 626. The molecule has 4 nitrogen and oxygen atoms in total. The number of unbranched alkanes of at least 4 members (excludes halogenated alkanes) is 3. The van der Waals surface area contributed by atoms with E-state index in [0.29, 0.717) is 6.42 Å². The van der Waals surface area contributed by atoms with Crippen molar-refractivity contribution in [1.82, 2.24) is 0 Å². The molecule has 0 heterocycles. The summed E-state index contributed by atoms with van der Waals surface area (Å²) < 4.78 is 0. The zero-order chi connectivity index (χ0) is 19.4. The average molecular weight is 395 g/mol. The number of carboxylic acid groups (broad SMARTS) is 1. The van der Waals surface area contributed by atoms with E-state index in [9.17, 15) is 15.0 Å². The second-order valence-corrected chi connectivity index (χ2v) is 8.92. The van der Waals surface area contributed by atoms with Crippen molar-refractivity contribution in [3.05, 3.63) is 35.4 Å². The fraction of sp³-hybridized carbons (Fsp3) is 0.682. The van der Waals surface area contributed by atoms with Gasteiger partial charge in [-0.1, -0.05) is 43.5 Å². The quantitative estimate of drug-likeness (QED) is 0.424. The number of rotatable bonds is 9. The zero-order valence-corrected chi connectivity index (χ0v) is 16.6. The summed E-state index contributed by atoms with van der Waals surface area (Å²) in [5, 5.41) is 29.7. The minimum Gasteiger partial charge on any atom is -0.481 e. The third kappa shape index (κ3) is 4.85. The Morgan fingerprint density at radius 2 is 1.78 bits per heavy atom. The molecule has 2 aliphatic rings. The van der Waals surface area contributed by atoms with Gasteiger partial charge >= 0.3 is 5.97 Å². The molecular weight excluding hydrogens is 364 g/mol. The fourth-order valence-corrected chi connectivity index (χ4v) is 5.18. The zero-order valence-electron chi connectivity index (χ0n) is 15.8. The van der Waals surface area contributed by atoms with Crippen LogP contribution in [0.2, 0.25) is 0 Å². The highest BCUT2D eigenvalue weighted by molar-refractivity contribution is 6.21. The van der Waals surface area contributed by atoms with Crippen molar-refractivity contribution >= 4 is 17.6 Å². The molecule has 0 bridgehead atoms. The highest BCUT2D eigenvalue weighted by atomic mass is 35.5. The molecule has 0 amide bonds. The predicted octanol–water partition coefficient (Wildman–Crippen LogP) is 4.56. The molecule has 3 N–H and O–H groups in total. The van der Waals surface area contributed by atoms with Crippen molar-refractivity contribution in [2.75, 3.05) is 0 Å². The van der Waals surface area contributed by atoms with Crippen molar-refractivity contribution in [1.29, 1.82) is 0 Å². The lowest BCUT2D eigenvalue weighted by molar-refractivity contribution is -0.137. The fourth-order valence-electron chi connectivity index (χ4n) is 4.72. The first-order chi connectivity index (χ1) is 12.9. The minimum absolute atomic E-state index is 0.0282. The number of aliphatic carboxylic acids is 1. The molecule has 2 saturated carbocycles. The molecule has 1 aromatic carbocycles. The van der Waals surface area contributed by atoms with Crippen LogP contribution in [0.3, 0.4) is 0 Å². The van der Waals surface area contributed by atoms with Crippen LogP contribution in [0.25, 0.3) is 0 Å². The van der Waals surface area contributed by atoms with Gasteiger partial charge in [0.25, 0.3) is 0 Å². The van der Waals surface area contributed by atoms with Crippen LogP contribution in [0, 0.1) is 5.92 Å². The number of aliphatic hydroxyl groups is 2. The van der Waals surface area contributed by atoms with Gasteiger partial charge in [-0.25, -0.2) is 0 Å². The molecule has 0 aliphatic heterocycles. The van der Waals surface area contributed by atoms with Gasteiger partial charge in [-0.15, -0.1) is 11.6 Å². The topological polar surface area (TPSA) is 77.8 Å².